The Morgan fingerprint density at radius 3 is 2.13 bits per heavy atom. The lowest BCUT2D eigenvalue weighted by Gasteiger charge is -2.59. The van der Waals surface area contributed by atoms with E-state index < -0.39 is 5.60 Å². The summed E-state index contributed by atoms with van der Waals surface area (Å²) in [5.74, 6) is 1.59. The van der Waals surface area contributed by atoms with Crippen LogP contribution >= 0.6 is 0 Å². The summed E-state index contributed by atoms with van der Waals surface area (Å²) in [4.78, 5) is 0. The molecule has 2 fully saturated rings. The van der Waals surface area contributed by atoms with Gasteiger partial charge in [-0.1, -0.05) is 31.7 Å². The second-order valence-corrected chi connectivity index (χ2v) is 9.70. The Bertz CT molecular complexity index is 989. The molecular weight excluding hydrogens is 376 g/mol. The summed E-state index contributed by atoms with van der Waals surface area (Å²) in [5.41, 5.74) is 2.70. The van der Waals surface area contributed by atoms with Gasteiger partial charge in [0.25, 0.3) is 0 Å². The maximum atomic E-state index is 11.1. The van der Waals surface area contributed by atoms with Crippen molar-refractivity contribution >= 4 is 0 Å². The van der Waals surface area contributed by atoms with E-state index in [2.05, 4.69) is 6.07 Å². The van der Waals surface area contributed by atoms with E-state index >= 15 is 0 Å². The van der Waals surface area contributed by atoms with Gasteiger partial charge in [-0.05, 0) is 64.2 Å². The van der Waals surface area contributed by atoms with E-state index in [-0.39, 0.29) is 28.6 Å². The minimum Gasteiger partial charge on any atom is -0.508 e. The van der Waals surface area contributed by atoms with Crippen molar-refractivity contribution in [2.75, 3.05) is 0 Å². The average molecular weight is 409 g/mol. The van der Waals surface area contributed by atoms with Crippen molar-refractivity contribution in [3.05, 3.63) is 46.5 Å². The second kappa shape index (κ2) is 6.83. The maximum Gasteiger partial charge on any atom is 0.141 e. The van der Waals surface area contributed by atoms with Gasteiger partial charge in [0.2, 0.25) is 0 Å². The van der Waals surface area contributed by atoms with Gasteiger partial charge in [0.15, 0.2) is 0 Å². The Labute approximate surface area is 178 Å². The summed E-state index contributed by atoms with van der Waals surface area (Å²) in [6, 6.07) is 7.46. The fourth-order valence-corrected chi connectivity index (χ4v) is 6.77. The number of hydrogen-bond donors (Lipinski definition) is 3. The molecule has 0 aromatic heterocycles. The van der Waals surface area contributed by atoms with E-state index in [1.165, 1.54) is 31.2 Å². The predicted octanol–water partition coefficient (Wildman–Crippen LogP) is 6.10. The largest absolute Gasteiger partial charge is 0.508 e. The van der Waals surface area contributed by atoms with Gasteiger partial charge in [-0.15, -0.1) is 0 Å². The van der Waals surface area contributed by atoms with Crippen molar-refractivity contribution in [3.63, 3.8) is 0 Å². The topological polar surface area (TPSA) is 69.9 Å². The summed E-state index contributed by atoms with van der Waals surface area (Å²) in [6.07, 6.45) is 10.0. The first-order valence-corrected chi connectivity index (χ1v) is 11.4. The van der Waals surface area contributed by atoms with Gasteiger partial charge in [0.05, 0.1) is 0 Å². The zero-order valence-corrected chi connectivity index (χ0v) is 18.0. The van der Waals surface area contributed by atoms with Gasteiger partial charge in [-0.25, -0.2) is 0 Å². The lowest BCUT2D eigenvalue weighted by Crippen LogP contribution is -2.57. The molecular formula is C26H32O4. The van der Waals surface area contributed by atoms with Gasteiger partial charge < -0.3 is 20.1 Å². The third kappa shape index (κ3) is 2.52. The number of phenols is 3. The SMILES string of the molecule is Cc1c(O)ccc([C@]23CCCC[C@@H]2C2(CCCCC2)c2ccc(O)c(C)c2O3)c1O. The van der Waals surface area contributed by atoms with Crippen LogP contribution < -0.4 is 4.74 Å². The van der Waals surface area contributed by atoms with Crippen LogP contribution in [0.15, 0.2) is 24.3 Å². The first kappa shape index (κ1) is 19.6. The summed E-state index contributed by atoms with van der Waals surface area (Å²) >= 11 is 0. The van der Waals surface area contributed by atoms with Crippen molar-refractivity contribution in [2.24, 2.45) is 5.92 Å². The van der Waals surface area contributed by atoms with Crippen LogP contribution in [0.2, 0.25) is 0 Å². The van der Waals surface area contributed by atoms with Crippen LogP contribution in [0.3, 0.4) is 0 Å². The van der Waals surface area contributed by atoms with Crippen LogP contribution in [0.1, 0.15) is 80.0 Å². The third-order valence-corrected chi connectivity index (χ3v) is 8.32. The van der Waals surface area contributed by atoms with E-state index in [4.69, 9.17) is 4.74 Å². The van der Waals surface area contributed by atoms with Crippen LogP contribution in [-0.2, 0) is 11.0 Å². The number of hydrogen-bond acceptors (Lipinski definition) is 4. The molecule has 5 rings (SSSR count). The van der Waals surface area contributed by atoms with Gasteiger partial charge in [-0.3, -0.25) is 0 Å². The summed E-state index contributed by atoms with van der Waals surface area (Å²) < 4.78 is 6.92. The summed E-state index contributed by atoms with van der Waals surface area (Å²) in [6.45, 7) is 3.69. The standard InChI is InChI=1S/C26H32O4/c1-16-20(27)11-9-18(23(16)29)26-15-7-4-8-22(26)25(13-5-3-6-14-25)19-10-12-21(28)17(2)24(19)30-26/h9-12,22,27-29H,3-8,13-15H2,1-2H3/t22-,26-/m1/s1. The molecule has 2 aromatic rings. The number of ether oxygens (including phenoxy) is 1. The molecule has 2 aliphatic carbocycles. The van der Waals surface area contributed by atoms with Crippen molar-refractivity contribution in [2.45, 2.75) is 82.7 Å². The normalized spacial score (nSPS) is 27.2. The van der Waals surface area contributed by atoms with Crippen LogP contribution in [0, 0.1) is 19.8 Å². The van der Waals surface area contributed by atoms with Crippen molar-refractivity contribution in [1.29, 1.82) is 0 Å². The number of rotatable bonds is 1. The molecule has 0 unspecified atom stereocenters. The Kier molecular flexibility index (Phi) is 4.46. The van der Waals surface area contributed by atoms with Crippen LogP contribution in [0.4, 0.5) is 0 Å². The average Bonchev–Trinajstić information content (AvgIpc) is 2.76. The van der Waals surface area contributed by atoms with E-state index in [0.29, 0.717) is 5.56 Å². The van der Waals surface area contributed by atoms with Gasteiger partial charge in [0, 0.05) is 33.6 Å². The molecule has 160 valence electrons. The van der Waals surface area contributed by atoms with Crippen molar-refractivity contribution in [1.82, 2.24) is 0 Å². The number of aromatic hydroxyl groups is 3. The lowest BCUT2D eigenvalue weighted by molar-refractivity contribution is -0.0965. The predicted molar refractivity (Wildman–Crippen MR) is 116 cm³/mol. The Morgan fingerprint density at radius 2 is 1.40 bits per heavy atom. The molecule has 2 atom stereocenters. The van der Waals surface area contributed by atoms with Crippen molar-refractivity contribution < 1.29 is 20.1 Å². The highest BCUT2D eigenvalue weighted by atomic mass is 16.5. The molecule has 0 saturated heterocycles. The molecule has 0 bridgehead atoms. The first-order valence-electron chi connectivity index (χ1n) is 11.4. The van der Waals surface area contributed by atoms with Crippen molar-refractivity contribution in [3.8, 4) is 23.0 Å². The summed E-state index contributed by atoms with van der Waals surface area (Å²) in [5, 5.41) is 31.8. The quantitative estimate of drug-likeness (QED) is 0.533. The van der Waals surface area contributed by atoms with E-state index in [1.807, 2.05) is 19.1 Å². The zero-order valence-electron chi connectivity index (χ0n) is 18.0. The number of fused-ring (bicyclic) bond motifs is 4. The summed E-state index contributed by atoms with van der Waals surface area (Å²) in [7, 11) is 0. The van der Waals surface area contributed by atoms with Crippen LogP contribution in [0.5, 0.6) is 23.0 Å². The van der Waals surface area contributed by atoms with E-state index in [9.17, 15) is 15.3 Å². The minimum atomic E-state index is -0.635. The lowest BCUT2D eigenvalue weighted by atomic mass is 9.51. The molecule has 30 heavy (non-hydrogen) atoms. The number of phenolic OH excluding ortho intramolecular Hbond substituents is 3. The van der Waals surface area contributed by atoms with Crippen LogP contribution in [-0.4, -0.2) is 15.3 Å². The highest BCUT2D eigenvalue weighted by molar-refractivity contribution is 5.58. The molecule has 4 nitrogen and oxygen atoms in total. The van der Waals surface area contributed by atoms with Gasteiger partial charge >= 0.3 is 0 Å². The molecule has 2 saturated carbocycles. The monoisotopic (exact) mass is 408 g/mol. The Morgan fingerprint density at radius 1 is 0.767 bits per heavy atom. The fourth-order valence-electron chi connectivity index (χ4n) is 6.77. The molecule has 4 heteroatoms. The molecule has 3 N–H and O–H groups in total. The van der Waals surface area contributed by atoms with Crippen LogP contribution in [0.25, 0.3) is 0 Å². The Hall–Kier alpha value is -2.36. The Balaban J connectivity index is 1.80. The molecule has 3 aliphatic rings. The third-order valence-electron chi connectivity index (χ3n) is 8.32. The highest BCUT2D eigenvalue weighted by Crippen LogP contribution is 2.64. The smallest absolute Gasteiger partial charge is 0.141 e. The fraction of sp³-hybridized carbons (Fsp3) is 0.538. The molecule has 1 aliphatic heterocycles. The first-order chi connectivity index (χ1) is 14.4. The molecule has 1 spiro atoms. The minimum absolute atomic E-state index is 0.00292. The molecule has 0 radical (unpaired) electrons. The maximum absolute atomic E-state index is 11.1. The molecule has 1 heterocycles. The van der Waals surface area contributed by atoms with Gasteiger partial charge in [-0.2, -0.15) is 0 Å². The molecule has 2 aromatic carbocycles. The zero-order chi connectivity index (χ0) is 21.1. The van der Waals surface area contributed by atoms with E-state index in [1.54, 1.807) is 13.0 Å². The van der Waals surface area contributed by atoms with Gasteiger partial charge in [0.1, 0.15) is 28.6 Å². The number of benzene rings is 2. The molecule has 0 amide bonds. The van der Waals surface area contributed by atoms with E-state index in [0.717, 1.165) is 49.0 Å². The second-order valence-electron chi connectivity index (χ2n) is 9.70. The highest BCUT2D eigenvalue weighted by Gasteiger charge is 2.60.